The summed E-state index contributed by atoms with van der Waals surface area (Å²) in [5.41, 5.74) is 0.791. The molecule has 76 valence electrons. The smallest absolute Gasteiger partial charge is 0.191 e. The first-order valence-corrected chi connectivity index (χ1v) is 4.15. The Labute approximate surface area is 81.4 Å². The molecular formula is C10H12O4. The van der Waals surface area contributed by atoms with Crippen molar-refractivity contribution in [2.24, 2.45) is 0 Å². The lowest BCUT2D eigenvalue weighted by Crippen LogP contribution is -2.05. The molecule has 0 atom stereocenters. The molecular weight excluding hydrogens is 184 g/mol. The second-order valence-electron chi connectivity index (χ2n) is 3.14. The molecule has 0 amide bonds. The van der Waals surface area contributed by atoms with Crippen molar-refractivity contribution in [1.82, 2.24) is 0 Å². The van der Waals surface area contributed by atoms with Crippen molar-refractivity contribution < 1.29 is 20.1 Å². The summed E-state index contributed by atoms with van der Waals surface area (Å²) in [6.07, 6.45) is 0. The Hall–Kier alpha value is -1.55. The van der Waals surface area contributed by atoms with Gasteiger partial charge in [0.1, 0.15) is 18.1 Å². The number of phenolic OH excluding ortho intramolecular Hbond substituents is 2. The second kappa shape index (κ2) is 3.67. The van der Waals surface area contributed by atoms with Gasteiger partial charge in [-0.25, -0.2) is 0 Å². The fraction of sp³-hybridized carbons (Fsp3) is 0.300. The molecule has 0 saturated carbocycles. The molecule has 1 aromatic carbocycles. The van der Waals surface area contributed by atoms with Gasteiger partial charge in [-0.05, 0) is 25.5 Å². The van der Waals surface area contributed by atoms with Crippen LogP contribution in [0.25, 0.3) is 0 Å². The van der Waals surface area contributed by atoms with Gasteiger partial charge in [0.15, 0.2) is 5.78 Å². The van der Waals surface area contributed by atoms with Gasteiger partial charge in [-0.15, -0.1) is 0 Å². The Morgan fingerprint density at radius 1 is 1.29 bits per heavy atom. The van der Waals surface area contributed by atoms with E-state index in [9.17, 15) is 15.0 Å². The zero-order valence-corrected chi connectivity index (χ0v) is 8.03. The molecule has 0 saturated heterocycles. The van der Waals surface area contributed by atoms with Crippen molar-refractivity contribution in [1.29, 1.82) is 0 Å². The minimum Gasteiger partial charge on any atom is -0.507 e. The van der Waals surface area contributed by atoms with Crippen LogP contribution in [0, 0.1) is 13.8 Å². The van der Waals surface area contributed by atoms with Gasteiger partial charge >= 0.3 is 0 Å². The minimum absolute atomic E-state index is 0.0306. The zero-order chi connectivity index (χ0) is 10.9. The van der Waals surface area contributed by atoms with Crippen LogP contribution in [-0.2, 0) is 0 Å². The normalized spacial score (nSPS) is 10.2. The van der Waals surface area contributed by atoms with Crippen molar-refractivity contribution in [3.63, 3.8) is 0 Å². The molecule has 1 rings (SSSR count). The largest absolute Gasteiger partial charge is 0.507 e. The summed E-state index contributed by atoms with van der Waals surface area (Å²) in [7, 11) is 0. The number of benzene rings is 1. The van der Waals surface area contributed by atoms with Crippen molar-refractivity contribution in [2.45, 2.75) is 13.8 Å². The highest BCUT2D eigenvalue weighted by Gasteiger charge is 2.16. The molecule has 0 aliphatic carbocycles. The quantitative estimate of drug-likeness (QED) is 0.614. The number of carbonyl (C=O) groups excluding carboxylic acids is 1. The molecule has 0 aliphatic heterocycles. The van der Waals surface area contributed by atoms with E-state index >= 15 is 0 Å². The zero-order valence-electron chi connectivity index (χ0n) is 8.03. The van der Waals surface area contributed by atoms with E-state index in [-0.39, 0.29) is 22.6 Å². The van der Waals surface area contributed by atoms with Gasteiger partial charge in [-0.1, -0.05) is 0 Å². The molecule has 3 N–H and O–H groups in total. The van der Waals surface area contributed by atoms with Gasteiger partial charge in [0.25, 0.3) is 0 Å². The first-order valence-electron chi connectivity index (χ1n) is 4.15. The van der Waals surface area contributed by atoms with E-state index in [2.05, 4.69) is 0 Å². The van der Waals surface area contributed by atoms with Crippen LogP contribution < -0.4 is 0 Å². The van der Waals surface area contributed by atoms with Crippen molar-refractivity contribution in [3.8, 4) is 11.5 Å². The summed E-state index contributed by atoms with van der Waals surface area (Å²) in [5.74, 6) is -0.863. The number of hydrogen-bond donors (Lipinski definition) is 3. The van der Waals surface area contributed by atoms with Crippen molar-refractivity contribution in [3.05, 3.63) is 22.8 Å². The van der Waals surface area contributed by atoms with Gasteiger partial charge in [0.2, 0.25) is 0 Å². The predicted octanol–water partition coefficient (Wildman–Crippen LogP) is 0.890. The number of rotatable bonds is 2. The minimum atomic E-state index is -0.656. The van der Waals surface area contributed by atoms with Crippen LogP contribution in [0.3, 0.4) is 0 Å². The molecule has 4 nitrogen and oxygen atoms in total. The number of Topliss-reactive ketones (excluding diaryl/α,β-unsaturated/α-hetero) is 1. The van der Waals surface area contributed by atoms with E-state index in [0.717, 1.165) is 0 Å². The van der Waals surface area contributed by atoms with E-state index in [1.54, 1.807) is 6.92 Å². The third kappa shape index (κ3) is 1.56. The second-order valence-corrected chi connectivity index (χ2v) is 3.14. The monoisotopic (exact) mass is 196 g/mol. The summed E-state index contributed by atoms with van der Waals surface area (Å²) < 4.78 is 0. The van der Waals surface area contributed by atoms with Crippen LogP contribution in [0.1, 0.15) is 21.5 Å². The number of aliphatic hydroxyl groups is 1. The average molecular weight is 196 g/mol. The van der Waals surface area contributed by atoms with E-state index < -0.39 is 12.4 Å². The Morgan fingerprint density at radius 2 is 1.86 bits per heavy atom. The average Bonchev–Trinajstić information content (AvgIpc) is 2.19. The van der Waals surface area contributed by atoms with Crippen LogP contribution in [0.2, 0.25) is 0 Å². The Morgan fingerprint density at radius 3 is 2.36 bits per heavy atom. The molecule has 0 unspecified atom stereocenters. The fourth-order valence-electron chi connectivity index (χ4n) is 1.26. The highest BCUT2D eigenvalue weighted by molar-refractivity contribution is 6.00. The predicted molar refractivity (Wildman–Crippen MR) is 50.7 cm³/mol. The van der Waals surface area contributed by atoms with Gasteiger partial charge in [-0.3, -0.25) is 4.79 Å². The molecule has 0 radical (unpaired) electrons. The Kier molecular flexibility index (Phi) is 2.76. The van der Waals surface area contributed by atoms with Crippen molar-refractivity contribution >= 4 is 5.78 Å². The van der Waals surface area contributed by atoms with Crippen LogP contribution in [0.15, 0.2) is 6.07 Å². The number of aromatic hydroxyl groups is 2. The lowest BCUT2D eigenvalue weighted by atomic mass is 10.0. The third-order valence-corrected chi connectivity index (χ3v) is 2.14. The van der Waals surface area contributed by atoms with Gasteiger partial charge < -0.3 is 15.3 Å². The van der Waals surface area contributed by atoms with Crippen LogP contribution in [-0.4, -0.2) is 27.7 Å². The Balaban J connectivity index is 3.40. The van der Waals surface area contributed by atoms with Crippen LogP contribution in [0.5, 0.6) is 11.5 Å². The summed E-state index contributed by atoms with van der Waals surface area (Å²) in [4.78, 5) is 11.2. The first kappa shape index (κ1) is 10.5. The molecule has 0 aliphatic rings. The SMILES string of the molecule is Cc1cc(C(=O)CO)c(O)c(C)c1O. The summed E-state index contributed by atoms with van der Waals surface area (Å²) in [5, 5.41) is 27.6. The van der Waals surface area contributed by atoms with Crippen molar-refractivity contribution in [2.75, 3.05) is 6.61 Å². The molecule has 0 fully saturated rings. The molecule has 0 spiro atoms. The standard InChI is InChI=1S/C10H12O4/c1-5-3-7(8(12)4-11)10(14)6(2)9(5)13/h3,11,13-14H,4H2,1-2H3. The highest BCUT2D eigenvalue weighted by Crippen LogP contribution is 2.32. The summed E-state index contributed by atoms with van der Waals surface area (Å²) in [6.45, 7) is 2.47. The summed E-state index contributed by atoms with van der Waals surface area (Å²) in [6, 6.07) is 1.36. The lowest BCUT2D eigenvalue weighted by molar-refractivity contribution is 0.0900. The van der Waals surface area contributed by atoms with E-state index in [0.29, 0.717) is 5.56 Å². The summed E-state index contributed by atoms with van der Waals surface area (Å²) >= 11 is 0. The fourth-order valence-corrected chi connectivity index (χ4v) is 1.26. The number of ketones is 1. The van der Waals surface area contributed by atoms with Gasteiger partial charge in [0.05, 0.1) is 5.56 Å². The first-order chi connectivity index (χ1) is 6.49. The lowest BCUT2D eigenvalue weighted by Gasteiger charge is -2.09. The maximum absolute atomic E-state index is 11.2. The van der Waals surface area contributed by atoms with Gasteiger partial charge in [0, 0.05) is 5.56 Å². The molecule has 14 heavy (non-hydrogen) atoms. The number of aliphatic hydroxyl groups excluding tert-OH is 1. The maximum Gasteiger partial charge on any atom is 0.191 e. The Bertz CT molecular complexity index is 382. The highest BCUT2D eigenvalue weighted by atomic mass is 16.3. The van der Waals surface area contributed by atoms with Crippen LogP contribution >= 0.6 is 0 Å². The number of phenols is 2. The van der Waals surface area contributed by atoms with E-state index in [1.807, 2.05) is 0 Å². The maximum atomic E-state index is 11.2. The third-order valence-electron chi connectivity index (χ3n) is 2.14. The topological polar surface area (TPSA) is 77.8 Å². The van der Waals surface area contributed by atoms with E-state index in [1.165, 1.54) is 13.0 Å². The van der Waals surface area contributed by atoms with E-state index in [4.69, 9.17) is 5.11 Å². The molecule has 0 heterocycles. The number of hydrogen-bond acceptors (Lipinski definition) is 4. The van der Waals surface area contributed by atoms with Crippen LogP contribution in [0.4, 0.5) is 0 Å². The molecule has 0 bridgehead atoms. The molecule has 0 aromatic heterocycles. The number of carbonyl (C=O) groups is 1. The number of aryl methyl sites for hydroxylation is 1. The van der Waals surface area contributed by atoms with Gasteiger partial charge in [-0.2, -0.15) is 0 Å². The molecule has 1 aromatic rings. The molecule has 4 heteroatoms.